The van der Waals surface area contributed by atoms with Crippen molar-refractivity contribution in [3.05, 3.63) is 29.8 Å². The lowest BCUT2D eigenvalue weighted by atomic mass is 9.90. The molecule has 18 heavy (non-hydrogen) atoms. The first-order chi connectivity index (χ1) is 8.74. The predicted molar refractivity (Wildman–Crippen MR) is 74.2 cm³/mol. The zero-order chi connectivity index (χ0) is 13.0. The highest BCUT2D eigenvalue weighted by Crippen LogP contribution is 2.22. The highest BCUT2D eigenvalue weighted by Gasteiger charge is 2.21. The van der Waals surface area contributed by atoms with Gasteiger partial charge in [-0.2, -0.15) is 5.10 Å². The molecule has 1 aromatic rings. The van der Waals surface area contributed by atoms with E-state index in [2.05, 4.69) is 17.1 Å². The second-order valence-corrected chi connectivity index (χ2v) is 4.34. The maximum atomic E-state index is 5.73. The number of amidine groups is 1. The minimum Gasteiger partial charge on any atom is -0.494 e. The number of benzene rings is 1. The van der Waals surface area contributed by atoms with Gasteiger partial charge in [-0.15, -0.1) is 5.10 Å². The fraction of sp³-hybridized carbons (Fsp3) is 0.429. The number of nitrogens with zero attached hydrogens (tertiary/aromatic N) is 2. The molecule has 96 valence electrons. The Kier molecular flexibility index (Phi) is 3.97. The summed E-state index contributed by atoms with van der Waals surface area (Å²) >= 11 is 0. The Morgan fingerprint density at radius 2 is 1.94 bits per heavy atom. The van der Waals surface area contributed by atoms with Gasteiger partial charge in [0.25, 0.3) is 0 Å². The first kappa shape index (κ1) is 12.6. The molecule has 0 fully saturated rings. The molecule has 4 nitrogen and oxygen atoms in total. The van der Waals surface area contributed by atoms with Crippen LogP contribution in [-0.2, 0) is 0 Å². The summed E-state index contributed by atoms with van der Waals surface area (Å²) < 4.78 is 5.43. The molecular weight excluding hydrogens is 226 g/mol. The number of hydrogen-bond acceptors (Lipinski definition) is 4. The number of hydrogen-bond donors (Lipinski definition) is 1. The zero-order valence-electron chi connectivity index (χ0n) is 10.9. The Balaban J connectivity index is 2.24. The summed E-state index contributed by atoms with van der Waals surface area (Å²) in [5, 5.41) is 8.24. The largest absolute Gasteiger partial charge is 0.494 e. The van der Waals surface area contributed by atoms with E-state index in [1.165, 1.54) is 0 Å². The summed E-state index contributed by atoms with van der Waals surface area (Å²) in [5.41, 5.74) is 7.85. The Bertz CT molecular complexity index is 462. The smallest absolute Gasteiger partial charge is 0.123 e. The van der Waals surface area contributed by atoms with Crippen LogP contribution in [-0.4, -0.2) is 18.2 Å². The van der Waals surface area contributed by atoms with Gasteiger partial charge in [0, 0.05) is 12.3 Å². The SMILES string of the molecule is CCOc1ccc(C2=NN=C(N)CC2CC)cc1. The molecule has 0 spiro atoms. The van der Waals surface area contributed by atoms with Crippen molar-refractivity contribution in [2.24, 2.45) is 21.9 Å². The van der Waals surface area contributed by atoms with Gasteiger partial charge in [-0.3, -0.25) is 0 Å². The zero-order valence-corrected chi connectivity index (χ0v) is 10.9. The van der Waals surface area contributed by atoms with Gasteiger partial charge in [-0.1, -0.05) is 6.92 Å². The first-order valence-electron chi connectivity index (χ1n) is 6.37. The molecule has 4 heteroatoms. The minimum atomic E-state index is 0.362. The lowest BCUT2D eigenvalue weighted by Crippen LogP contribution is -2.26. The topological polar surface area (TPSA) is 60.0 Å². The maximum Gasteiger partial charge on any atom is 0.123 e. The summed E-state index contributed by atoms with van der Waals surface area (Å²) in [5.74, 6) is 1.87. The fourth-order valence-electron chi connectivity index (χ4n) is 2.11. The molecule has 2 N–H and O–H groups in total. The van der Waals surface area contributed by atoms with Crippen molar-refractivity contribution in [1.29, 1.82) is 0 Å². The number of ether oxygens (including phenoxy) is 1. The maximum absolute atomic E-state index is 5.73. The highest BCUT2D eigenvalue weighted by atomic mass is 16.5. The molecule has 0 saturated heterocycles. The van der Waals surface area contributed by atoms with Crippen LogP contribution in [0.15, 0.2) is 34.5 Å². The van der Waals surface area contributed by atoms with Crippen LogP contribution in [0.3, 0.4) is 0 Å². The molecule has 1 unspecified atom stereocenters. The molecule has 1 atom stereocenters. The summed E-state index contributed by atoms with van der Waals surface area (Å²) in [6, 6.07) is 8.00. The quantitative estimate of drug-likeness (QED) is 0.886. The van der Waals surface area contributed by atoms with E-state index in [0.29, 0.717) is 18.4 Å². The van der Waals surface area contributed by atoms with Crippen LogP contribution < -0.4 is 10.5 Å². The van der Waals surface area contributed by atoms with Crippen LogP contribution in [0.1, 0.15) is 32.3 Å². The van der Waals surface area contributed by atoms with Crippen molar-refractivity contribution >= 4 is 11.5 Å². The van der Waals surface area contributed by atoms with Gasteiger partial charge in [-0.25, -0.2) is 0 Å². The van der Waals surface area contributed by atoms with Gasteiger partial charge in [0.15, 0.2) is 0 Å². The van der Waals surface area contributed by atoms with Crippen LogP contribution in [0.4, 0.5) is 0 Å². The number of nitrogens with two attached hydrogens (primary N) is 1. The lowest BCUT2D eigenvalue weighted by molar-refractivity contribution is 0.340. The average molecular weight is 245 g/mol. The molecule has 1 aromatic carbocycles. The third kappa shape index (κ3) is 2.70. The third-order valence-electron chi connectivity index (χ3n) is 3.08. The van der Waals surface area contributed by atoms with Crippen molar-refractivity contribution in [1.82, 2.24) is 0 Å². The van der Waals surface area contributed by atoms with E-state index in [1.54, 1.807) is 0 Å². The van der Waals surface area contributed by atoms with E-state index in [1.807, 2.05) is 31.2 Å². The third-order valence-corrected chi connectivity index (χ3v) is 3.08. The molecule has 0 bridgehead atoms. The van der Waals surface area contributed by atoms with Crippen LogP contribution in [0.2, 0.25) is 0 Å². The van der Waals surface area contributed by atoms with Crippen molar-refractivity contribution in [2.75, 3.05) is 6.61 Å². The second kappa shape index (κ2) is 5.67. The molecule has 0 aliphatic carbocycles. The molecular formula is C14H19N3O. The highest BCUT2D eigenvalue weighted by molar-refractivity contribution is 6.05. The summed E-state index contributed by atoms with van der Waals surface area (Å²) in [4.78, 5) is 0. The van der Waals surface area contributed by atoms with Crippen molar-refractivity contribution in [3.63, 3.8) is 0 Å². The van der Waals surface area contributed by atoms with Crippen molar-refractivity contribution in [2.45, 2.75) is 26.7 Å². The van der Waals surface area contributed by atoms with Gasteiger partial charge >= 0.3 is 0 Å². The Labute approximate surface area is 108 Å². The molecule has 2 rings (SSSR count). The van der Waals surface area contributed by atoms with Crippen LogP contribution >= 0.6 is 0 Å². The average Bonchev–Trinajstić information content (AvgIpc) is 2.40. The summed E-state index contributed by atoms with van der Waals surface area (Å²) in [7, 11) is 0. The van der Waals surface area contributed by atoms with E-state index >= 15 is 0 Å². The van der Waals surface area contributed by atoms with E-state index < -0.39 is 0 Å². The fourth-order valence-corrected chi connectivity index (χ4v) is 2.11. The standard InChI is InChI=1S/C14H19N3O/c1-3-10-9-13(15)16-17-14(10)11-5-7-12(8-6-11)18-4-2/h5-8,10H,3-4,9H2,1-2H3,(H2,15,16). The summed E-state index contributed by atoms with van der Waals surface area (Å²) in [6.07, 6.45) is 1.81. The molecule has 1 aliphatic heterocycles. The first-order valence-corrected chi connectivity index (χ1v) is 6.37. The predicted octanol–water partition coefficient (Wildman–Crippen LogP) is 2.58. The van der Waals surface area contributed by atoms with Gasteiger partial charge < -0.3 is 10.5 Å². The number of rotatable bonds is 4. The van der Waals surface area contributed by atoms with E-state index in [9.17, 15) is 0 Å². The molecule has 0 radical (unpaired) electrons. The minimum absolute atomic E-state index is 0.362. The van der Waals surface area contributed by atoms with E-state index in [-0.39, 0.29) is 0 Å². The second-order valence-electron chi connectivity index (χ2n) is 4.34. The van der Waals surface area contributed by atoms with Gasteiger partial charge in [-0.05, 0) is 43.2 Å². The van der Waals surface area contributed by atoms with E-state index in [0.717, 1.165) is 29.9 Å². The van der Waals surface area contributed by atoms with Gasteiger partial charge in [0.1, 0.15) is 11.6 Å². The van der Waals surface area contributed by atoms with Crippen molar-refractivity contribution in [3.8, 4) is 5.75 Å². The Morgan fingerprint density at radius 3 is 2.56 bits per heavy atom. The normalized spacial score (nSPS) is 19.1. The van der Waals surface area contributed by atoms with Crippen molar-refractivity contribution < 1.29 is 4.74 Å². The monoisotopic (exact) mass is 245 g/mol. The molecule has 1 aliphatic rings. The summed E-state index contributed by atoms with van der Waals surface area (Å²) in [6.45, 7) is 4.80. The molecule has 0 saturated carbocycles. The van der Waals surface area contributed by atoms with Crippen LogP contribution in [0, 0.1) is 5.92 Å². The molecule has 0 aromatic heterocycles. The Hall–Kier alpha value is -1.84. The van der Waals surface area contributed by atoms with E-state index in [4.69, 9.17) is 10.5 Å². The van der Waals surface area contributed by atoms with Crippen LogP contribution in [0.25, 0.3) is 0 Å². The lowest BCUT2D eigenvalue weighted by Gasteiger charge is -2.20. The van der Waals surface area contributed by atoms with Gasteiger partial charge in [0.05, 0.1) is 12.3 Å². The molecule has 0 amide bonds. The van der Waals surface area contributed by atoms with Crippen LogP contribution in [0.5, 0.6) is 5.75 Å². The molecule has 1 heterocycles. The van der Waals surface area contributed by atoms with Gasteiger partial charge in [0.2, 0.25) is 0 Å². The Morgan fingerprint density at radius 1 is 1.22 bits per heavy atom.